The molecule has 1 atom stereocenters. The Morgan fingerprint density at radius 1 is 1.05 bits per heavy atom. The Labute approximate surface area is 116 Å². The van der Waals surface area contributed by atoms with Crippen molar-refractivity contribution in [1.29, 1.82) is 0 Å². The molecule has 1 saturated heterocycles. The summed E-state index contributed by atoms with van der Waals surface area (Å²) in [5.41, 5.74) is 2.79. The molecule has 0 spiro atoms. The van der Waals surface area contributed by atoms with E-state index in [2.05, 4.69) is 65.3 Å². The van der Waals surface area contributed by atoms with E-state index in [4.69, 9.17) is 0 Å². The van der Waals surface area contributed by atoms with E-state index in [9.17, 15) is 0 Å². The molecule has 0 saturated carbocycles. The molecule has 0 aromatic heterocycles. The Kier molecular flexibility index (Phi) is 3.47. The fraction of sp³-hybridized carbons (Fsp3) is 0.500. The van der Waals surface area contributed by atoms with Crippen LogP contribution in [0.15, 0.2) is 42.2 Å². The lowest BCUT2D eigenvalue weighted by Gasteiger charge is -2.30. The molecule has 2 aliphatic rings. The van der Waals surface area contributed by atoms with Gasteiger partial charge >= 0.3 is 0 Å². The number of hydrogen-bond donors (Lipinski definition) is 0. The monoisotopic (exact) mass is 257 g/mol. The normalized spacial score (nSPS) is 24.1. The summed E-state index contributed by atoms with van der Waals surface area (Å²) >= 11 is 0. The van der Waals surface area contributed by atoms with E-state index in [0.29, 0.717) is 6.17 Å². The van der Waals surface area contributed by atoms with Gasteiger partial charge in [-0.1, -0.05) is 30.3 Å². The van der Waals surface area contributed by atoms with Crippen molar-refractivity contribution < 1.29 is 0 Å². The van der Waals surface area contributed by atoms with E-state index in [1.54, 1.807) is 0 Å². The molecule has 0 radical (unpaired) electrons. The molecule has 1 aromatic rings. The minimum Gasteiger partial charge on any atom is -0.355 e. The van der Waals surface area contributed by atoms with Crippen LogP contribution < -0.4 is 0 Å². The van der Waals surface area contributed by atoms with Crippen molar-refractivity contribution in [3.8, 4) is 0 Å². The van der Waals surface area contributed by atoms with Crippen molar-refractivity contribution in [3.05, 3.63) is 47.8 Å². The molecular formula is C16H23N3. The molecule has 1 unspecified atom stereocenters. The van der Waals surface area contributed by atoms with E-state index in [-0.39, 0.29) is 0 Å². The zero-order valence-corrected chi connectivity index (χ0v) is 11.9. The molecule has 0 aliphatic carbocycles. The summed E-state index contributed by atoms with van der Waals surface area (Å²) < 4.78 is 0. The van der Waals surface area contributed by atoms with Gasteiger partial charge in [0, 0.05) is 32.5 Å². The molecule has 19 heavy (non-hydrogen) atoms. The summed E-state index contributed by atoms with van der Waals surface area (Å²) in [6.45, 7) is 3.60. The molecule has 102 valence electrons. The Balaban J connectivity index is 1.73. The van der Waals surface area contributed by atoms with E-state index < -0.39 is 0 Å². The van der Waals surface area contributed by atoms with Crippen molar-refractivity contribution in [1.82, 2.24) is 14.7 Å². The number of rotatable bonds is 3. The van der Waals surface area contributed by atoms with Crippen LogP contribution >= 0.6 is 0 Å². The van der Waals surface area contributed by atoms with Crippen LogP contribution in [0.25, 0.3) is 0 Å². The summed E-state index contributed by atoms with van der Waals surface area (Å²) in [7, 11) is 4.38. The van der Waals surface area contributed by atoms with Gasteiger partial charge in [0.15, 0.2) is 0 Å². The first-order valence-corrected chi connectivity index (χ1v) is 7.18. The fourth-order valence-corrected chi connectivity index (χ4v) is 3.23. The van der Waals surface area contributed by atoms with Gasteiger partial charge in [-0.2, -0.15) is 0 Å². The predicted molar refractivity (Wildman–Crippen MR) is 78.5 cm³/mol. The van der Waals surface area contributed by atoms with Gasteiger partial charge in [-0.25, -0.2) is 0 Å². The second-order valence-corrected chi connectivity index (χ2v) is 5.66. The van der Waals surface area contributed by atoms with Crippen molar-refractivity contribution in [2.24, 2.45) is 0 Å². The average Bonchev–Trinajstić information content (AvgIpc) is 3.01. The van der Waals surface area contributed by atoms with E-state index in [1.165, 1.54) is 37.2 Å². The van der Waals surface area contributed by atoms with Crippen LogP contribution in [0.5, 0.6) is 0 Å². The second kappa shape index (κ2) is 5.25. The minimum absolute atomic E-state index is 0.346. The zero-order valence-electron chi connectivity index (χ0n) is 11.9. The van der Waals surface area contributed by atoms with Crippen molar-refractivity contribution >= 4 is 0 Å². The molecular weight excluding hydrogens is 234 g/mol. The topological polar surface area (TPSA) is 9.72 Å². The van der Waals surface area contributed by atoms with Crippen LogP contribution in [0, 0.1) is 0 Å². The molecule has 3 nitrogen and oxygen atoms in total. The third-order valence-corrected chi connectivity index (χ3v) is 4.24. The third kappa shape index (κ3) is 2.47. The van der Waals surface area contributed by atoms with Crippen LogP contribution in [-0.4, -0.2) is 48.4 Å². The smallest absolute Gasteiger partial charge is 0.127 e. The summed E-state index contributed by atoms with van der Waals surface area (Å²) in [5.74, 6) is 0. The largest absolute Gasteiger partial charge is 0.355 e. The van der Waals surface area contributed by atoms with Crippen LogP contribution in [0.2, 0.25) is 0 Å². The Bertz CT molecular complexity index is 448. The number of nitrogens with zero attached hydrogens (tertiary/aromatic N) is 3. The van der Waals surface area contributed by atoms with E-state index in [1.807, 2.05) is 0 Å². The summed E-state index contributed by atoms with van der Waals surface area (Å²) in [5, 5.41) is 0. The fourth-order valence-electron chi connectivity index (χ4n) is 3.23. The number of likely N-dealkylation sites (tertiary alicyclic amines) is 1. The quantitative estimate of drug-likeness (QED) is 0.824. The Morgan fingerprint density at radius 3 is 2.42 bits per heavy atom. The maximum atomic E-state index is 2.56. The highest BCUT2D eigenvalue weighted by molar-refractivity contribution is 5.24. The van der Waals surface area contributed by atoms with E-state index in [0.717, 1.165) is 6.54 Å². The number of hydrogen-bond acceptors (Lipinski definition) is 3. The second-order valence-electron chi connectivity index (χ2n) is 5.66. The Morgan fingerprint density at radius 2 is 1.74 bits per heavy atom. The molecule has 0 N–H and O–H groups in total. The van der Waals surface area contributed by atoms with Gasteiger partial charge < -0.3 is 9.80 Å². The first kappa shape index (κ1) is 12.5. The highest BCUT2D eigenvalue weighted by atomic mass is 15.4. The molecule has 3 heteroatoms. The van der Waals surface area contributed by atoms with Crippen LogP contribution in [0.3, 0.4) is 0 Å². The third-order valence-electron chi connectivity index (χ3n) is 4.24. The lowest BCUT2D eigenvalue weighted by molar-refractivity contribution is 0.189. The van der Waals surface area contributed by atoms with E-state index >= 15 is 0 Å². The highest BCUT2D eigenvalue weighted by Gasteiger charge is 2.29. The molecule has 3 rings (SSSR count). The van der Waals surface area contributed by atoms with Gasteiger partial charge in [0.25, 0.3) is 0 Å². The van der Waals surface area contributed by atoms with Crippen molar-refractivity contribution in [2.75, 3.05) is 33.7 Å². The molecule has 0 bridgehead atoms. The van der Waals surface area contributed by atoms with Crippen molar-refractivity contribution in [2.45, 2.75) is 19.0 Å². The average molecular weight is 257 g/mol. The van der Waals surface area contributed by atoms with Crippen molar-refractivity contribution in [3.63, 3.8) is 0 Å². The number of likely N-dealkylation sites (N-methyl/N-ethyl adjacent to an activating group) is 1. The first-order valence-electron chi connectivity index (χ1n) is 7.18. The zero-order chi connectivity index (χ0) is 13.2. The standard InChI is InChI=1S/C16H23N3/c1-17-12-15(13-19-10-6-7-11-19)18(2)16(17)14-8-4-3-5-9-14/h3-5,8-9,12,16H,6-7,10-11,13H2,1-2H3. The van der Waals surface area contributed by atoms with Gasteiger partial charge in [0.1, 0.15) is 6.17 Å². The lowest BCUT2D eigenvalue weighted by Crippen LogP contribution is -2.31. The minimum atomic E-state index is 0.346. The van der Waals surface area contributed by atoms with Gasteiger partial charge in [0.2, 0.25) is 0 Å². The Hall–Kier alpha value is -1.48. The van der Waals surface area contributed by atoms with Crippen LogP contribution in [-0.2, 0) is 0 Å². The highest BCUT2D eigenvalue weighted by Crippen LogP contribution is 2.32. The van der Waals surface area contributed by atoms with Crippen LogP contribution in [0.4, 0.5) is 0 Å². The molecule has 1 fully saturated rings. The lowest BCUT2D eigenvalue weighted by atomic mass is 10.1. The van der Waals surface area contributed by atoms with Gasteiger partial charge in [-0.15, -0.1) is 0 Å². The first-order chi connectivity index (χ1) is 9.25. The van der Waals surface area contributed by atoms with Crippen LogP contribution in [0.1, 0.15) is 24.6 Å². The molecule has 1 aromatic carbocycles. The maximum absolute atomic E-state index is 2.56. The SMILES string of the molecule is CN1C=C(CN2CCCC2)N(C)C1c1ccccc1. The van der Waals surface area contributed by atoms with Gasteiger partial charge in [-0.05, 0) is 31.5 Å². The predicted octanol–water partition coefficient (Wildman–Crippen LogP) is 2.50. The molecule has 0 amide bonds. The van der Waals surface area contributed by atoms with Gasteiger partial charge in [0.05, 0.1) is 0 Å². The van der Waals surface area contributed by atoms with Gasteiger partial charge in [-0.3, -0.25) is 4.90 Å². The summed E-state index contributed by atoms with van der Waals surface area (Å²) in [6.07, 6.45) is 5.36. The molecule has 2 heterocycles. The number of benzene rings is 1. The summed E-state index contributed by atoms with van der Waals surface area (Å²) in [6, 6.07) is 10.7. The summed E-state index contributed by atoms with van der Waals surface area (Å²) in [4.78, 5) is 7.29. The molecule has 2 aliphatic heterocycles. The maximum Gasteiger partial charge on any atom is 0.127 e.